The number of benzene rings is 1. The number of anilines is 1. The van der Waals surface area contributed by atoms with Crippen LogP contribution in [-0.2, 0) is 4.79 Å². The predicted octanol–water partition coefficient (Wildman–Crippen LogP) is 1.87. The number of amides is 1. The summed E-state index contributed by atoms with van der Waals surface area (Å²) in [5.74, 6) is -0.415. The minimum atomic E-state index is -0.415. The fraction of sp³-hybridized carbons (Fsp3) is 0.357. The lowest BCUT2D eigenvalue weighted by Crippen LogP contribution is -2.32. The number of nitrogens with zero attached hydrogens (tertiary/aromatic N) is 2. The van der Waals surface area contributed by atoms with Crippen LogP contribution < -0.4 is 10.7 Å². The van der Waals surface area contributed by atoms with Crippen LogP contribution in [0.5, 0.6) is 0 Å². The van der Waals surface area contributed by atoms with Crippen LogP contribution in [0.3, 0.4) is 0 Å². The van der Waals surface area contributed by atoms with Crippen LogP contribution in [0.25, 0.3) is 0 Å². The molecule has 0 aromatic heterocycles. The molecule has 1 amide bonds. The van der Waals surface area contributed by atoms with E-state index in [1.165, 1.54) is 5.56 Å². The Bertz CT molecular complexity index is 567. The monoisotopic (exact) mass is 256 g/mol. The molecule has 1 saturated carbocycles. The molecular formula is C14H16N4O. The third-order valence-corrected chi connectivity index (χ3v) is 3.04. The molecule has 5 heteroatoms. The first-order valence-electron chi connectivity index (χ1n) is 6.22. The van der Waals surface area contributed by atoms with Gasteiger partial charge in [0.1, 0.15) is 6.07 Å². The first-order chi connectivity index (χ1) is 9.10. The van der Waals surface area contributed by atoms with E-state index in [-0.39, 0.29) is 11.8 Å². The molecule has 0 bridgehead atoms. The Hall–Kier alpha value is -2.35. The second-order valence-corrected chi connectivity index (χ2v) is 4.73. The molecule has 19 heavy (non-hydrogen) atoms. The van der Waals surface area contributed by atoms with Gasteiger partial charge in [-0.15, -0.1) is 0 Å². The number of hydrogen-bond donors (Lipinski definition) is 2. The van der Waals surface area contributed by atoms with Crippen molar-refractivity contribution >= 4 is 17.3 Å². The molecule has 1 aliphatic rings. The van der Waals surface area contributed by atoms with Gasteiger partial charge in [-0.3, -0.25) is 10.2 Å². The van der Waals surface area contributed by atoms with Crippen LogP contribution in [0.2, 0.25) is 0 Å². The van der Waals surface area contributed by atoms with Crippen molar-refractivity contribution < 1.29 is 4.79 Å². The zero-order chi connectivity index (χ0) is 13.8. The summed E-state index contributed by atoms with van der Waals surface area (Å²) in [6, 6.07) is 7.77. The van der Waals surface area contributed by atoms with Crippen LogP contribution in [0.4, 0.5) is 5.69 Å². The van der Waals surface area contributed by atoms with Crippen molar-refractivity contribution in [2.45, 2.75) is 32.7 Å². The highest BCUT2D eigenvalue weighted by Crippen LogP contribution is 2.18. The van der Waals surface area contributed by atoms with Gasteiger partial charge in [-0.2, -0.15) is 10.4 Å². The maximum absolute atomic E-state index is 11.7. The molecule has 0 radical (unpaired) electrons. The van der Waals surface area contributed by atoms with Crippen molar-refractivity contribution in [3.8, 4) is 6.07 Å². The third kappa shape index (κ3) is 3.55. The molecule has 0 heterocycles. The lowest BCUT2D eigenvalue weighted by molar-refractivity contribution is -0.114. The fourth-order valence-corrected chi connectivity index (χ4v) is 1.54. The lowest BCUT2D eigenvalue weighted by Gasteiger charge is -2.05. The quantitative estimate of drug-likeness (QED) is 0.637. The maximum Gasteiger partial charge on any atom is 0.282 e. The minimum absolute atomic E-state index is 0.148. The molecular weight excluding hydrogens is 240 g/mol. The van der Waals surface area contributed by atoms with E-state index in [2.05, 4.69) is 15.8 Å². The molecule has 98 valence electrons. The van der Waals surface area contributed by atoms with Gasteiger partial charge in [-0.05, 0) is 49.9 Å². The van der Waals surface area contributed by atoms with E-state index >= 15 is 0 Å². The highest BCUT2D eigenvalue weighted by molar-refractivity contribution is 6.45. The molecule has 1 aliphatic carbocycles. The van der Waals surface area contributed by atoms with Crippen molar-refractivity contribution in [1.82, 2.24) is 5.32 Å². The van der Waals surface area contributed by atoms with Crippen LogP contribution in [0.1, 0.15) is 24.0 Å². The molecule has 2 rings (SSSR count). The molecule has 2 N–H and O–H groups in total. The van der Waals surface area contributed by atoms with Gasteiger partial charge in [0.25, 0.3) is 5.91 Å². The second-order valence-electron chi connectivity index (χ2n) is 4.73. The topological polar surface area (TPSA) is 77.3 Å². The largest absolute Gasteiger partial charge is 0.347 e. The number of aryl methyl sites for hydroxylation is 2. The molecule has 0 unspecified atom stereocenters. The molecule has 1 aromatic rings. The van der Waals surface area contributed by atoms with Crippen LogP contribution in [-0.4, -0.2) is 17.7 Å². The van der Waals surface area contributed by atoms with Crippen LogP contribution in [0, 0.1) is 25.2 Å². The highest BCUT2D eigenvalue weighted by atomic mass is 16.2. The maximum atomic E-state index is 11.7. The Kier molecular flexibility index (Phi) is 3.81. The smallest absolute Gasteiger partial charge is 0.282 e. The molecule has 1 fully saturated rings. The third-order valence-electron chi connectivity index (χ3n) is 3.04. The summed E-state index contributed by atoms with van der Waals surface area (Å²) >= 11 is 0. The zero-order valence-electron chi connectivity index (χ0n) is 11.0. The fourth-order valence-electron chi connectivity index (χ4n) is 1.54. The second kappa shape index (κ2) is 5.53. The van der Waals surface area contributed by atoms with Gasteiger partial charge in [0.05, 0.1) is 5.69 Å². The average molecular weight is 256 g/mol. The van der Waals surface area contributed by atoms with E-state index < -0.39 is 5.91 Å². The summed E-state index contributed by atoms with van der Waals surface area (Å²) in [5.41, 5.74) is 5.66. The van der Waals surface area contributed by atoms with E-state index in [0.717, 1.165) is 24.1 Å². The molecule has 0 saturated heterocycles. The van der Waals surface area contributed by atoms with E-state index in [9.17, 15) is 4.79 Å². The van der Waals surface area contributed by atoms with Crippen molar-refractivity contribution in [1.29, 1.82) is 5.26 Å². The van der Waals surface area contributed by atoms with Gasteiger partial charge in [0, 0.05) is 6.04 Å². The van der Waals surface area contributed by atoms with Crippen molar-refractivity contribution in [3.63, 3.8) is 0 Å². The van der Waals surface area contributed by atoms with Gasteiger partial charge < -0.3 is 5.32 Å². The van der Waals surface area contributed by atoms with Gasteiger partial charge in [-0.1, -0.05) is 6.07 Å². The van der Waals surface area contributed by atoms with Crippen LogP contribution >= 0.6 is 0 Å². The summed E-state index contributed by atoms with van der Waals surface area (Å²) in [7, 11) is 0. The van der Waals surface area contributed by atoms with Gasteiger partial charge in [0.2, 0.25) is 5.71 Å². The summed E-state index contributed by atoms with van der Waals surface area (Å²) in [6.07, 6.45) is 1.96. The number of carbonyl (C=O) groups excluding carboxylic acids is 1. The number of hydrogen-bond acceptors (Lipinski definition) is 4. The first kappa shape index (κ1) is 13.1. The van der Waals surface area contributed by atoms with Crippen molar-refractivity contribution in [3.05, 3.63) is 29.3 Å². The first-order valence-corrected chi connectivity index (χ1v) is 6.22. The molecule has 5 nitrogen and oxygen atoms in total. The van der Waals surface area contributed by atoms with Crippen LogP contribution in [0.15, 0.2) is 23.3 Å². The number of nitrogens with one attached hydrogen (secondary N) is 2. The standard InChI is InChI=1S/C14H16N4O/c1-9-3-4-12(7-10(9)2)17-18-13(8-15)14(19)16-11-5-6-11/h3-4,7,11,17H,5-6H2,1-2H3,(H,16,19)/b18-13-. The molecule has 0 aliphatic heterocycles. The average Bonchev–Trinajstić information content (AvgIpc) is 3.18. The summed E-state index contributed by atoms with van der Waals surface area (Å²) in [6.45, 7) is 4.02. The van der Waals surface area contributed by atoms with Crippen molar-refractivity contribution in [2.75, 3.05) is 5.43 Å². The summed E-state index contributed by atoms with van der Waals surface area (Å²) in [5, 5.41) is 15.5. The SMILES string of the molecule is Cc1ccc(N/N=C(/C#N)C(=O)NC2CC2)cc1C. The number of nitriles is 1. The Morgan fingerprint density at radius 3 is 2.68 bits per heavy atom. The van der Waals surface area contributed by atoms with E-state index in [1.54, 1.807) is 6.07 Å². The molecule has 1 aromatic carbocycles. The minimum Gasteiger partial charge on any atom is -0.347 e. The van der Waals surface area contributed by atoms with E-state index in [0.29, 0.717) is 0 Å². The number of rotatable bonds is 4. The Balaban J connectivity index is 2.03. The highest BCUT2D eigenvalue weighted by Gasteiger charge is 2.25. The lowest BCUT2D eigenvalue weighted by atomic mass is 10.1. The number of hydrazone groups is 1. The van der Waals surface area contributed by atoms with E-state index in [4.69, 9.17) is 5.26 Å². The summed E-state index contributed by atoms with van der Waals surface area (Å²) < 4.78 is 0. The normalized spacial score (nSPS) is 14.7. The molecule has 0 spiro atoms. The Morgan fingerprint density at radius 2 is 2.11 bits per heavy atom. The zero-order valence-corrected chi connectivity index (χ0v) is 11.0. The Morgan fingerprint density at radius 1 is 1.37 bits per heavy atom. The van der Waals surface area contributed by atoms with Crippen molar-refractivity contribution in [2.24, 2.45) is 5.10 Å². The summed E-state index contributed by atoms with van der Waals surface area (Å²) in [4.78, 5) is 11.7. The number of carbonyl (C=O) groups is 1. The molecule has 0 atom stereocenters. The Labute approximate surface area is 112 Å². The van der Waals surface area contributed by atoms with Gasteiger partial charge in [0.15, 0.2) is 0 Å². The van der Waals surface area contributed by atoms with Gasteiger partial charge in [-0.25, -0.2) is 0 Å². The van der Waals surface area contributed by atoms with E-state index in [1.807, 2.05) is 32.0 Å². The predicted molar refractivity (Wildman–Crippen MR) is 73.8 cm³/mol. The van der Waals surface area contributed by atoms with Gasteiger partial charge >= 0.3 is 0 Å².